The zero-order valence-electron chi connectivity index (χ0n) is 11.1. The van der Waals surface area contributed by atoms with Gasteiger partial charge in [-0.3, -0.25) is 0 Å². The molecule has 2 aromatic rings. The quantitative estimate of drug-likeness (QED) is 0.764. The van der Waals surface area contributed by atoms with E-state index in [0.29, 0.717) is 0 Å². The Morgan fingerprint density at radius 2 is 2.05 bits per heavy atom. The lowest BCUT2D eigenvalue weighted by molar-refractivity contribution is 0.731. The van der Waals surface area contributed by atoms with Gasteiger partial charge in [-0.2, -0.15) is 0 Å². The zero-order chi connectivity index (χ0) is 13.7. The van der Waals surface area contributed by atoms with E-state index >= 15 is 0 Å². The normalized spacial score (nSPS) is 10.9. The molecule has 0 saturated heterocycles. The summed E-state index contributed by atoms with van der Waals surface area (Å²) in [7, 11) is 0. The summed E-state index contributed by atoms with van der Waals surface area (Å²) in [5, 5.41) is 4.56. The number of nitrogens with one attached hydrogen (secondary N) is 1. The summed E-state index contributed by atoms with van der Waals surface area (Å²) in [4.78, 5) is 7.28. The van der Waals surface area contributed by atoms with E-state index in [1.165, 1.54) is 14.8 Å². The van der Waals surface area contributed by atoms with Gasteiger partial charge in [0.2, 0.25) is 0 Å². The highest BCUT2D eigenvalue weighted by Crippen LogP contribution is 2.27. The molecule has 1 aromatic carbocycles. The van der Waals surface area contributed by atoms with E-state index in [2.05, 4.69) is 64.3 Å². The second-order valence-electron chi connectivity index (χ2n) is 4.14. The molecule has 0 fully saturated rings. The maximum absolute atomic E-state index is 4.64. The molecule has 0 radical (unpaired) electrons. The number of hydrogen-bond acceptors (Lipinski definition) is 4. The lowest BCUT2D eigenvalue weighted by Gasteiger charge is -1.99. The number of hydrogen-bond donors (Lipinski definition) is 1. The summed E-state index contributed by atoms with van der Waals surface area (Å²) in [5.41, 5.74) is 1.16. The van der Waals surface area contributed by atoms with Crippen molar-refractivity contribution in [2.45, 2.75) is 31.0 Å². The lowest BCUT2D eigenvalue weighted by atomic mass is 10.4. The minimum atomic E-state index is 0.933. The molecule has 1 aromatic heterocycles. The predicted octanol–water partition coefficient (Wildman–Crippen LogP) is 4.62. The Kier molecular flexibility index (Phi) is 5.88. The first-order valence-electron chi connectivity index (χ1n) is 6.23. The third-order valence-corrected chi connectivity index (χ3v) is 5.54. The van der Waals surface area contributed by atoms with E-state index in [0.717, 1.165) is 29.0 Å². The topological polar surface area (TPSA) is 24.9 Å². The smallest absolute Gasteiger partial charge is 0.103 e. The van der Waals surface area contributed by atoms with Crippen molar-refractivity contribution < 1.29 is 0 Å². The Morgan fingerprint density at radius 1 is 1.32 bits per heavy atom. The van der Waals surface area contributed by atoms with Crippen molar-refractivity contribution in [3.05, 3.63) is 44.3 Å². The fraction of sp³-hybridized carbons (Fsp3) is 0.357. The van der Waals surface area contributed by atoms with E-state index in [1.54, 1.807) is 0 Å². The van der Waals surface area contributed by atoms with Crippen LogP contribution in [0.2, 0.25) is 0 Å². The van der Waals surface area contributed by atoms with Crippen molar-refractivity contribution in [2.75, 3.05) is 6.54 Å². The monoisotopic (exact) mass is 356 g/mol. The van der Waals surface area contributed by atoms with Crippen LogP contribution in [0.5, 0.6) is 0 Å². The molecule has 0 bridgehead atoms. The van der Waals surface area contributed by atoms with Crippen molar-refractivity contribution in [3.8, 4) is 0 Å². The van der Waals surface area contributed by atoms with Gasteiger partial charge in [0.25, 0.3) is 0 Å². The van der Waals surface area contributed by atoms with Gasteiger partial charge >= 0.3 is 0 Å². The first-order valence-corrected chi connectivity index (χ1v) is 8.83. The van der Waals surface area contributed by atoms with Crippen LogP contribution in [0, 0.1) is 6.92 Å². The fourth-order valence-electron chi connectivity index (χ4n) is 1.63. The molecule has 0 aliphatic rings. The molecule has 0 aliphatic carbocycles. The van der Waals surface area contributed by atoms with Crippen LogP contribution in [0.4, 0.5) is 0 Å². The van der Waals surface area contributed by atoms with Crippen LogP contribution in [-0.4, -0.2) is 11.5 Å². The average molecular weight is 357 g/mol. The molecular weight excluding hydrogens is 340 g/mol. The summed E-state index contributed by atoms with van der Waals surface area (Å²) < 4.78 is 1.12. The number of aryl methyl sites for hydroxylation is 1. The number of thioether (sulfide) groups is 1. The van der Waals surface area contributed by atoms with Crippen LogP contribution in [0.1, 0.15) is 22.5 Å². The predicted molar refractivity (Wildman–Crippen MR) is 87.9 cm³/mol. The number of nitrogens with zero attached hydrogens (tertiary/aromatic N) is 1. The van der Waals surface area contributed by atoms with E-state index in [4.69, 9.17) is 0 Å². The van der Waals surface area contributed by atoms with Crippen LogP contribution < -0.4 is 5.32 Å². The minimum Gasteiger partial charge on any atom is -0.312 e. The molecule has 102 valence electrons. The molecule has 19 heavy (non-hydrogen) atoms. The second-order valence-corrected chi connectivity index (χ2v) is 7.27. The molecule has 0 saturated carbocycles. The summed E-state index contributed by atoms with van der Waals surface area (Å²) in [6.45, 7) is 6.15. The maximum atomic E-state index is 4.64. The Bertz CT molecular complexity index is 523. The van der Waals surface area contributed by atoms with Crippen molar-refractivity contribution in [1.29, 1.82) is 0 Å². The Morgan fingerprint density at radius 3 is 2.74 bits per heavy atom. The van der Waals surface area contributed by atoms with Crippen LogP contribution >= 0.6 is 39.0 Å². The first kappa shape index (κ1) is 15.0. The van der Waals surface area contributed by atoms with E-state index in [9.17, 15) is 0 Å². The van der Waals surface area contributed by atoms with Crippen molar-refractivity contribution >= 4 is 39.0 Å². The Labute approximate surface area is 131 Å². The summed E-state index contributed by atoms with van der Waals surface area (Å²) in [5.74, 6) is 0.944. The maximum Gasteiger partial charge on any atom is 0.103 e. The Hall–Kier alpha value is -0.360. The molecule has 2 rings (SSSR count). The van der Waals surface area contributed by atoms with Crippen molar-refractivity contribution in [1.82, 2.24) is 10.3 Å². The zero-order valence-corrected chi connectivity index (χ0v) is 14.3. The molecule has 1 heterocycles. The van der Waals surface area contributed by atoms with Gasteiger partial charge in [0.05, 0.1) is 11.4 Å². The van der Waals surface area contributed by atoms with Gasteiger partial charge < -0.3 is 5.32 Å². The van der Waals surface area contributed by atoms with E-state index in [1.807, 2.05) is 23.1 Å². The van der Waals surface area contributed by atoms with Gasteiger partial charge in [-0.15, -0.1) is 23.1 Å². The second kappa shape index (κ2) is 7.43. The highest BCUT2D eigenvalue weighted by Gasteiger charge is 2.07. The van der Waals surface area contributed by atoms with Crippen LogP contribution in [-0.2, 0) is 12.3 Å². The largest absolute Gasteiger partial charge is 0.312 e. The van der Waals surface area contributed by atoms with Gasteiger partial charge in [-0.1, -0.05) is 22.9 Å². The van der Waals surface area contributed by atoms with Crippen molar-refractivity contribution in [3.63, 3.8) is 0 Å². The fourth-order valence-corrected chi connectivity index (χ4v) is 3.82. The SMILES string of the molecule is CCNCc1sc(CSc2ccc(Br)cc2)nc1C. The molecular formula is C14H17BrN2S2. The summed E-state index contributed by atoms with van der Waals surface area (Å²) in [6, 6.07) is 8.42. The molecule has 0 aliphatic heterocycles. The highest BCUT2D eigenvalue weighted by atomic mass is 79.9. The highest BCUT2D eigenvalue weighted by molar-refractivity contribution is 9.10. The summed E-state index contributed by atoms with van der Waals surface area (Å²) >= 11 is 7.10. The third kappa shape index (κ3) is 4.60. The number of rotatable bonds is 6. The Balaban J connectivity index is 1.94. The lowest BCUT2D eigenvalue weighted by Crippen LogP contribution is -2.11. The van der Waals surface area contributed by atoms with Gasteiger partial charge in [0, 0.05) is 20.8 Å². The number of thiazole rings is 1. The molecule has 0 amide bonds. The molecule has 0 spiro atoms. The number of benzene rings is 1. The van der Waals surface area contributed by atoms with Crippen molar-refractivity contribution in [2.24, 2.45) is 0 Å². The number of halogens is 1. The molecule has 0 unspecified atom stereocenters. The van der Waals surface area contributed by atoms with Gasteiger partial charge in [-0.05, 0) is 37.7 Å². The first-order chi connectivity index (χ1) is 9.19. The molecule has 2 nitrogen and oxygen atoms in total. The van der Waals surface area contributed by atoms with Crippen LogP contribution in [0.25, 0.3) is 0 Å². The summed E-state index contributed by atoms with van der Waals surface area (Å²) in [6.07, 6.45) is 0. The average Bonchev–Trinajstić information content (AvgIpc) is 2.76. The van der Waals surface area contributed by atoms with Crippen LogP contribution in [0.3, 0.4) is 0 Å². The molecule has 1 N–H and O–H groups in total. The standard InChI is InChI=1S/C14H17BrN2S2/c1-3-16-8-13-10(2)17-14(19-13)9-18-12-6-4-11(15)5-7-12/h4-7,16H,3,8-9H2,1-2H3. The molecule has 0 atom stereocenters. The minimum absolute atomic E-state index is 0.933. The third-order valence-electron chi connectivity index (χ3n) is 2.65. The van der Waals surface area contributed by atoms with E-state index in [-0.39, 0.29) is 0 Å². The van der Waals surface area contributed by atoms with Gasteiger partial charge in [0.15, 0.2) is 0 Å². The number of aromatic nitrogens is 1. The van der Waals surface area contributed by atoms with Gasteiger partial charge in [0.1, 0.15) is 5.01 Å². The van der Waals surface area contributed by atoms with Gasteiger partial charge in [-0.25, -0.2) is 4.98 Å². The molecule has 5 heteroatoms. The van der Waals surface area contributed by atoms with E-state index < -0.39 is 0 Å². The van der Waals surface area contributed by atoms with Crippen LogP contribution in [0.15, 0.2) is 33.6 Å².